The van der Waals surface area contributed by atoms with Crippen molar-refractivity contribution in [3.05, 3.63) is 49.9 Å². The lowest BCUT2D eigenvalue weighted by Gasteiger charge is -2.06. The average molecular weight is 284 g/mol. The quantitative estimate of drug-likeness (QED) is 0.519. The molecular weight excluding hydrogens is 274 g/mol. The van der Waals surface area contributed by atoms with Crippen LogP contribution in [-0.4, -0.2) is 16.5 Å². The van der Waals surface area contributed by atoms with Crippen molar-refractivity contribution in [2.45, 2.75) is 6.42 Å². The van der Waals surface area contributed by atoms with Crippen LogP contribution in [0.5, 0.6) is 0 Å². The van der Waals surface area contributed by atoms with E-state index in [1.54, 1.807) is 17.4 Å². The minimum absolute atomic E-state index is 0.0962. The molecule has 2 rings (SSSR count). The summed E-state index contributed by atoms with van der Waals surface area (Å²) < 4.78 is 0. The third kappa shape index (κ3) is 2.96. The molecule has 0 aliphatic heterocycles. The molecule has 94 valence electrons. The summed E-state index contributed by atoms with van der Waals surface area (Å²) in [7, 11) is 0. The molecule has 0 saturated carbocycles. The third-order valence-electron chi connectivity index (χ3n) is 2.33. The number of aromatic nitrogens is 1. The Labute approximate surface area is 113 Å². The van der Waals surface area contributed by atoms with Crippen molar-refractivity contribution in [1.29, 1.82) is 0 Å². The summed E-state index contributed by atoms with van der Waals surface area (Å²) in [5, 5.41) is 15.8. The molecule has 0 aliphatic rings. The van der Waals surface area contributed by atoms with Crippen LogP contribution in [-0.2, 0) is 6.42 Å². The van der Waals surface area contributed by atoms with Gasteiger partial charge in [-0.25, -0.2) is 4.98 Å². The first kappa shape index (κ1) is 12.8. The Morgan fingerprint density at radius 3 is 3.00 bits per heavy atom. The summed E-state index contributed by atoms with van der Waals surface area (Å²) in [5.74, 6) is 0. The maximum Gasteiger partial charge on any atom is 0.329 e. The van der Waals surface area contributed by atoms with Crippen LogP contribution in [0.15, 0.2) is 29.8 Å². The molecule has 0 aliphatic carbocycles. The van der Waals surface area contributed by atoms with E-state index in [-0.39, 0.29) is 10.8 Å². The minimum atomic E-state index is -0.525. The van der Waals surface area contributed by atoms with Gasteiger partial charge in [-0.3, -0.25) is 10.1 Å². The van der Waals surface area contributed by atoms with Crippen LogP contribution in [0.2, 0.25) is 5.15 Å². The lowest BCUT2D eigenvalue weighted by Crippen LogP contribution is -2.06. The fourth-order valence-electron chi connectivity index (χ4n) is 1.52. The van der Waals surface area contributed by atoms with Gasteiger partial charge in [0.25, 0.3) is 0 Å². The molecule has 0 bridgehead atoms. The van der Waals surface area contributed by atoms with Gasteiger partial charge in [-0.15, -0.1) is 11.3 Å². The lowest BCUT2D eigenvalue weighted by molar-refractivity contribution is -0.384. The second-order valence-electron chi connectivity index (χ2n) is 3.51. The van der Waals surface area contributed by atoms with Crippen molar-refractivity contribution < 1.29 is 4.92 Å². The van der Waals surface area contributed by atoms with Crippen LogP contribution in [0.1, 0.15) is 4.88 Å². The lowest BCUT2D eigenvalue weighted by atomic mass is 10.3. The highest BCUT2D eigenvalue weighted by Crippen LogP contribution is 2.30. The highest BCUT2D eigenvalue weighted by molar-refractivity contribution is 7.09. The minimum Gasteiger partial charge on any atom is -0.379 e. The topological polar surface area (TPSA) is 68.1 Å². The summed E-state index contributed by atoms with van der Waals surface area (Å²) in [4.78, 5) is 15.3. The molecular formula is C11H10ClN3O2S. The van der Waals surface area contributed by atoms with Crippen LogP contribution in [0.25, 0.3) is 0 Å². The van der Waals surface area contributed by atoms with Crippen LogP contribution < -0.4 is 5.32 Å². The third-order valence-corrected chi connectivity index (χ3v) is 3.54. The number of halogens is 1. The molecule has 0 amide bonds. The summed E-state index contributed by atoms with van der Waals surface area (Å²) in [6.45, 7) is 0.613. The van der Waals surface area contributed by atoms with Crippen molar-refractivity contribution in [2.24, 2.45) is 0 Å². The van der Waals surface area contributed by atoms with E-state index >= 15 is 0 Å². The van der Waals surface area contributed by atoms with Crippen molar-refractivity contribution in [2.75, 3.05) is 11.9 Å². The fraction of sp³-hybridized carbons (Fsp3) is 0.182. The summed E-state index contributed by atoms with van der Waals surface area (Å²) in [6.07, 6.45) is 2.26. The molecule has 0 fully saturated rings. The van der Waals surface area contributed by atoms with Gasteiger partial charge in [0.15, 0.2) is 0 Å². The zero-order valence-electron chi connectivity index (χ0n) is 9.30. The monoisotopic (exact) mass is 283 g/mol. The number of nitrogens with zero attached hydrogens (tertiary/aromatic N) is 2. The molecule has 5 nitrogen and oxygen atoms in total. The van der Waals surface area contributed by atoms with E-state index in [0.29, 0.717) is 12.2 Å². The van der Waals surface area contributed by atoms with Gasteiger partial charge in [0.2, 0.25) is 5.15 Å². The predicted molar refractivity (Wildman–Crippen MR) is 72.4 cm³/mol. The Morgan fingerprint density at radius 1 is 1.50 bits per heavy atom. The molecule has 0 aromatic carbocycles. The molecule has 7 heteroatoms. The Bertz CT molecular complexity index is 545. The number of pyridine rings is 1. The van der Waals surface area contributed by atoms with E-state index in [0.717, 1.165) is 6.42 Å². The second kappa shape index (κ2) is 5.79. The summed E-state index contributed by atoms with van der Waals surface area (Å²) in [6, 6.07) is 5.56. The first-order valence-corrected chi connectivity index (χ1v) is 6.49. The van der Waals surface area contributed by atoms with Crippen molar-refractivity contribution in [3.8, 4) is 0 Å². The van der Waals surface area contributed by atoms with Crippen LogP contribution in [0.4, 0.5) is 11.4 Å². The Balaban J connectivity index is 2.05. The normalized spacial score (nSPS) is 10.3. The van der Waals surface area contributed by atoms with E-state index in [1.165, 1.54) is 11.1 Å². The first-order valence-electron chi connectivity index (χ1n) is 5.23. The van der Waals surface area contributed by atoms with Gasteiger partial charge in [0.1, 0.15) is 5.69 Å². The number of rotatable bonds is 5. The molecule has 0 unspecified atom stereocenters. The standard InChI is InChI=1S/C11H10ClN3O2S/c12-11-10(15(16)17)9(4-6-14-11)13-5-3-8-2-1-7-18-8/h1-2,4,6-7H,3,5H2,(H,13,14). The predicted octanol–water partition coefficient (Wildman–Crippen LogP) is 3.36. The van der Waals surface area contributed by atoms with Crippen LogP contribution >= 0.6 is 22.9 Å². The Hall–Kier alpha value is -1.66. The second-order valence-corrected chi connectivity index (χ2v) is 4.90. The van der Waals surface area contributed by atoms with E-state index in [2.05, 4.69) is 10.3 Å². The molecule has 0 spiro atoms. The molecule has 2 heterocycles. The largest absolute Gasteiger partial charge is 0.379 e. The van der Waals surface area contributed by atoms with Crippen LogP contribution in [0, 0.1) is 10.1 Å². The van der Waals surface area contributed by atoms with E-state index in [4.69, 9.17) is 11.6 Å². The molecule has 2 aromatic rings. The molecule has 18 heavy (non-hydrogen) atoms. The van der Waals surface area contributed by atoms with Crippen molar-refractivity contribution in [1.82, 2.24) is 4.98 Å². The van der Waals surface area contributed by atoms with Gasteiger partial charge in [-0.1, -0.05) is 17.7 Å². The number of nitrogens with one attached hydrogen (secondary N) is 1. The van der Waals surface area contributed by atoms with E-state index in [1.807, 2.05) is 17.5 Å². The highest BCUT2D eigenvalue weighted by atomic mass is 35.5. The summed E-state index contributed by atoms with van der Waals surface area (Å²) >= 11 is 7.37. The maximum atomic E-state index is 10.9. The molecule has 2 aromatic heterocycles. The SMILES string of the molecule is O=[N+]([O-])c1c(NCCc2cccs2)ccnc1Cl. The zero-order chi connectivity index (χ0) is 13.0. The highest BCUT2D eigenvalue weighted by Gasteiger charge is 2.19. The number of anilines is 1. The van der Waals surface area contributed by atoms with Gasteiger partial charge in [0, 0.05) is 17.6 Å². The summed E-state index contributed by atoms with van der Waals surface area (Å²) in [5.41, 5.74) is 0.224. The number of hydrogen-bond acceptors (Lipinski definition) is 5. The number of thiophene rings is 1. The van der Waals surface area contributed by atoms with Crippen LogP contribution in [0.3, 0.4) is 0 Å². The molecule has 1 N–H and O–H groups in total. The molecule has 0 saturated heterocycles. The average Bonchev–Trinajstić information content (AvgIpc) is 2.81. The van der Waals surface area contributed by atoms with E-state index in [9.17, 15) is 10.1 Å². The van der Waals surface area contributed by atoms with Gasteiger partial charge >= 0.3 is 5.69 Å². The fourth-order valence-corrected chi connectivity index (χ4v) is 2.46. The van der Waals surface area contributed by atoms with Crippen molar-refractivity contribution >= 4 is 34.3 Å². The van der Waals surface area contributed by atoms with Gasteiger partial charge in [-0.05, 0) is 23.9 Å². The van der Waals surface area contributed by atoms with Gasteiger partial charge in [-0.2, -0.15) is 0 Å². The van der Waals surface area contributed by atoms with Gasteiger partial charge < -0.3 is 5.32 Å². The number of hydrogen-bond donors (Lipinski definition) is 1. The zero-order valence-corrected chi connectivity index (χ0v) is 10.9. The number of nitro groups is 1. The Kier molecular flexibility index (Phi) is 4.11. The maximum absolute atomic E-state index is 10.9. The van der Waals surface area contributed by atoms with Crippen molar-refractivity contribution in [3.63, 3.8) is 0 Å². The molecule has 0 atom stereocenters. The van der Waals surface area contributed by atoms with E-state index < -0.39 is 4.92 Å². The molecule has 0 radical (unpaired) electrons. The van der Waals surface area contributed by atoms with Gasteiger partial charge in [0.05, 0.1) is 4.92 Å². The Morgan fingerprint density at radius 2 is 2.33 bits per heavy atom. The smallest absolute Gasteiger partial charge is 0.329 e. The first-order chi connectivity index (χ1) is 8.68.